The minimum Gasteiger partial charge on any atom is -0.388 e. The Morgan fingerprint density at radius 2 is 2.27 bits per heavy atom. The molecule has 0 aromatic heterocycles. The lowest BCUT2D eigenvalue weighted by Gasteiger charge is -2.22. The number of benzene rings is 1. The zero-order valence-electron chi connectivity index (χ0n) is 8.83. The number of nitrogens with zero attached hydrogens (tertiary/aromatic N) is 1. The number of nitrogens with one attached hydrogen (secondary N) is 1. The van der Waals surface area contributed by atoms with Crippen LogP contribution < -0.4 is 10.6 Å². The maximum absolute atomic E-state index is 13.0. The van der Waals surface area contributed by atoms with Crippen molar-refractivity contribution in [1.82, 2.24) is 0 Å². The lowest BCUT2D eigenvalue weighted by atomic mass is 10.2. The standard InChI is InChI=1S/C11H16FN3/c1-2-15(7-6-11(13)14)10-5-3-4-9(12)8-10/h3-5,8H,2,6-7H2,1H3,(H3,13,14). The van der Waals surface area contributed by atoms with Crippen LogP contribution in [0.1, 0.15) is 13.3 Å². The van der Waals surface area contributed by atoms with Crippen molar-refractivity contribution in [1.29, 1.82) is 5.41 Å². The van der Waals surface area contributed by atoms with E-state index in [4.69, 9.17) is 11.1 Å². The molecule has 3 nitrogen and oxygen atoms in total. The van der Waals surface area contributed by atoms with E-state index in [-0.39, 0.29) is 11.7 Å². The van der Waals surface area contributed by atoms with Crippen LogP contribution >= 0.6 is 0 Å². The van der Waals surface area contributed by atoms with Gasteiger partial charge in [-0.15, -0.1) is 0 Å². The Hall–Kier alpha value is -1.58. The molecule has 0 aliphatic rings. The molecule has 0 atom stereocenters. The van der Waals surface area contributed by atoms with Gasteiger partial charge in [-0.25, -0.2) is 4.39 Å². The zero-order chi connectivity index (χ0) is 11.3. The van der Waals surface area contributed by atoms with Gasteiger partial charge in [-0.05, 0) is 25.1 Å². The van der Waals surface area contributed by atoms with Gasteiger partial charge in [0.15, 0.2) is 0 Å². The molecule has 3 N–H and O–H groups in total. The molecule has 0 heterocycles. The van der Waals surface area contributed by atoms with Gasteiger partial charge in [0.1, 0.15) is 5.82 Å². The second-order valence-electron chi connectivity index (χ2n) is 3.33. The number of nitrogens with two attached hydrogens (primary N) is 1. The highest BCUT2D eigenvalue weighted by Gasteiger charge is 2.05. The fourth-order valence-electron chi connectivity index (χ4n) is 1.40. The van der Waals surface area contributed by atoms with E-state index in [1.54, 1.807) is 6.07 Å². The summed E-state index contributed by atoms with van der Waals surface area (Å²) < 4.78 is 13.0. The first-order valence-corrected chi connectivity index (χ1v) is 4.97. The third-order valence-corrected chi connectivity index (χ3v) is 2.21. The van der Waals surface area contributed by atoms with E-state index in [0.29, 0.717) is 13.0 Å². The highest BCUT2D eigenvalue weighted by atomic mass is 19.1. The monoisotopic (exact) mass is 209 g/mol. The first-order valence-electron chi connectivity index (χ1n) is 4.97. The zero-order valence-corrected chi connectivity index (χ0v) is 8.83. The summed E-state index contributed by atoms with van der Waals surface area (Å²) in [7, 11) is 0. The minimum absolute atomic E-state index is 0.157. The predicted octanol–water partition coefficient (Wildman–Crippen LogP) is 1.98. The van der Waals surface area contributed by atoms with E-state index in [1.807, 2.05) is 17.9 Å². The summed E-state index contributed by atoms with van der Waals surface area (Å²) >= 11 is 0. The van der Waals surface area contributed by atoms with Gasteiger partial charge in [0.2, 0.25) is 0 Å². The van der Waals surface area contributed by atoms with Gasteiger partial charge in [0.25, 0.3) is 0 Å². The molecule has 0 bridgehead atoms. The lowest BCUT2D eigenvalue weighted by molar-refractivity contribution is 0.626. The van der Waals surface area contributed by atoms with Crippen molar-refractivity contribution in [3.05, 3.63) is 30.1 Å². The number of rotatable bonds is 5. The van der Waals surface area contributed by atoms with E-state index in [0.717, 1.165) is 12.2 Å². The van der Waals surface area contributed by atoms with Crippen molar-refractivity contribution >= 4 is 11.5 Å². The molecule has 1 aromatic carbocycles. The van der Waals surface area contributed by atoms with E-state index in [2.05, 4.69) is 0 Å². The van der Waals surface area contributed by atoms with Crippen molar-refractivity contribution in [2.45, 2.75) is 13.3 Å². The van der Waals surface area contributed by atoms with Gasteiger partial charge in [-0.3, -0.25) is 5.41 Å². The van der Waals surface area contributed by atoms with Gasteiger partial charge in [0.05, 0.1) is 5.84 Å². The summed E-state index contributed by atoms with van der Waals surface area (Å²) in [5.74, 6) is -0.0846. The van der Waals surface area contributed by atoms with Crippen LogP contribution in [0.5, 0.6) is 0 Å². The molecule has 0 aliphatic heterocycles. The highest BCUT2D eigenvalue weighted by Crippen LogP contribution is 2.15. The lowest BCUT2D eigenvalue weighted by Crippen LogP contribution is -2.27. The normalized spacial score (nSPS) is 10.0. The third kappa shape index (κ3) is 3.58. The Morgan fingerprint density at radius 3 is 2.80 bits per heavy atom. The number of hydrogen-bond donors (Lipinski definition) is 2. The maximum atomic E-state index is 13.0. The van der Waals surface area contributed by atoms with Gasteiger partial charge >= 0.3 is 0 Å². The molecule has 82 valence electrons. The fraction of sp³-hybridized carbons (Fsp3) is 0.364. The van der Waals surface area contributed by atoms with Crippen molar-refractivity contribution in [2.24, 2.45) is 5.73 Å². The van der Waals surface area contributed by atoms with E-state index in [9.17, 15) is 4.39 Å². The van der Waals surface area contributed by atoms with Gasteiger partial charge in [-0.2, -0.15) is 0 Å². The summed E-state index contributed by atoms with van der Waals surface area (Å²) in [5.41, 5.74) is 6.12. The molecular weight excluding hydrogens is 193 g/mol. The topological polar surface area (TPSA) is 53.1 Å². The van der Waals surface area contributed by atoms with E-state index in [1.165, 1.54) is 12.1 Å². The predicted molar refractivity (Wildman–Crippen MR) is 60.8 cm³/mol. The molecule has 4 heteroatoms. The molecule has 0 radical (unpaired) electrons. The number of halogens is 1. The molecule has 0 unspecified atom stereocenters. The average molecular weight is 209 g/mol. The molecule has 0 aliphatic carbocycles. The van der Waals surface area contributed by atoms with Crippen LogP contribution in [0.25, 0.3) is 0 Å². The second kappa shape index (κ2) is 5.34. The second-order valence-corrected chi connectivity index (χ2v) is 3.33. The van der Waals surface area contributed by atoms with Crippen LogP contribution in [0, 0.1) is 11.2 Å². The molecule has 15 heavy (non-hydrogen) atoms. The Morgan fingerprint density at radius 1 is 1.53 bits per heavy atom. The Labute approximate surface area is 89.2 Å². The summed E-state index contributed by atoms with van der Waals surface area (Å²) in [5, 5.41) is 7.14. The summed E-state index contributed by atoms with van der Waals surface area (Å²) in [4.78, 5) is 1.99. The quantitative estimate of drug-likeness (QED) is 0.575. The first kappa shape index (κ1) is 11.5. The Balaban J connectivity index is 2.69. The van der Waals surface area contributed by atoms with Gasteiger partial charge in [-0.1, -0.05) is 6.07 Å². The fourth-order valence-corrected chi connectivity index (χ4v) is 1.40. The van der Waals surface area contributed by atoms with E-state index >= 15 is 0 Å². The molecule has 0 saturated carbocycles. The molecule has 0 fully saturated rings. The summed E-state index contributed by atoms with van der Waals surface area (Å²) in [6.07, 6.45) is 0.504. The maximum Gasteiger partial charge on any atom is 0.125 e. The van der Waals surface area contributed by atoms with Crippen molar-refractivity contribution in [3.8, 4) is 0 Å². The summed E-state index contributed by atoms with van der Waals surface area (Å²) in [6, 6.07) is 6.44. The van der Waals surface area contributed by atoms with E-state index < -0.39 is 0 Å². The van der Waals surface area contributed by atoms with Crippen molar-refractivity contribution in [2.75, 3.05) is 18.0 Å². The molecule has 1 aromatic rings. The van der Waals surface area contributed by atoms with Gasteiger partial charge < -0.3 is 10.6 Å². The summed E-state index contributed by atoms with van der Waals surface area (Å²) in [6.45, 7) is 3.41. The number of amidine groups is 1. The van der Waals surface area contributed by atoms with Crippen LogP contribution in [-0.2, 0) is 0 Å². The van der Waals surface area contributed by atoms with Crippen LogP contribution in [-0.4, -0.2) is 18.9 Å². The Kier molecular flexibility index (Phi) is 4.09. The van der Waals surface area contributed by atoms with Crippen LogP contribution in [0.15, 0.2) is 24.3 Å². The van der Waals surface area contributed by atoms with Crippen molar-refractivity contribution in [3.63, 3.8) is 0 Å². The van der Waals surface area contributed by atoms with Crippen LogP contribution in [0.4, 0.5) is 10.1 Å². The average Bonchev–Trinajstić information content (AvgIpc) is 2.18. The Bertz CT molecular complexity index is 338. The van der Waals surface area contributed by atoms with Crippen LogP contribution in [0.2, 0.25) is 0 Å². The number of anilines is 1. The minimum atomic E-state index is -0.242. The van der Waals surface area contributed by atoms with Crippen molar-refractivity contribution < 1.29 is 4.39 Å². The largest absolute Gasteiger partial charge is 0.388 e. The van der Waals surface area contributed by atoms with Crippen LogP contribution in [0.3, 0.4) is 0 Å². The molecular formula is C11H16FN3. The first-order chi connectivity index (χ1) is 7.13. The van der Waals surface area contributed by atoms with Gasteiger partial charge in [0, 0.05) is 25.2 Å². The number of hydrogen-bond acceptors (Lipinski definition) is 2. The smallest absolute Gasteiger partial charge is 0.125 e. The third-order valence-electron chi connectivity index (χ3n) is 2.21. The molecule has 0 spiro atoms. The molecule has 0 amide bonds. The highest BCUT2D eigenvalue weighted by molar-refractivity contribution is 5.77. The molecule has 1 rings (SSSR count). The SMILES string of the molecule is CCN(CCC(=N)N)c1cccc(F)c1. The molecule has 0 saturated heterocycles.